The number of carboxylic acid groups (broad SMARTS) is 1. The number of carboxylic acids is 1. The number of ether oxygens (including phenoxy) is 1. The van der Waals surface area contributed by atoms with Crippen LogP contribution in [0.25, 0.3) is 11.1 Å². The Kier molecular flexibility index (Phi) is 7.12. The van der Waals surface area contributed by atoms with Crippen molar-refractivity contribution in [3.05, 3.63) is 94.3 Å². The van der Waals surface area contributed by atoms with Gasteiger partial charge in [-0.05, 0) is 60.4 Å². The molecule has 3 rings (SSSR count). The Hall–Kier alpha value is -3.84. The maximum absolute atomic E-state index is 13.9. The summed E-state index contributed by atoms with van der Waals surface area (Å²) < 4.78 is 19.5. The van der Waals surface area contributed by atoms with Crippen LogP contribution < -0.4 is 5.73 Å². The predicted molar refractivity (Wildman–Crippen MR) is 120 cm³/mol. The summed E-state index contributed by atoms with van der Waals surface area (Å²) in [7, 11) is 0. The minimum Gasteiger partial charge on any atom is -0.478 e. The average molecular weight is 434 g/mol. The Morgan fingerprint density at radius 3 is 2.41 bits per heavy atom. The Labute approximate surface area is 185 Å². The van der Waals surface area contributed by atoms with Gasteiger partial charge < -0.3 is 15.6 Å². The number of carbonyl (C=O) groups excluding carboxylic acids is 1. The third-order valence-corrected chi connectivity index (χ3v) is 4.97. The number of rotatable bonds is 7. The summed E-state index contributed by atoms with van der Waals surface area (Å²) in [5, 5.41) is 8.93. The van der Waals surface area contributed by atoms with Gasteiger partial charge in [-0.25, -0.2) is 9.18 Å². The van der Waals surface area contributed by atoms with Crippen LogP contribution in [0.1, 0.15) is 44.3 Å². The summed E-state index contributed by atoms with van der Waals surface area (Å²) in [6.45, 7) is 4.75. The fourth-order valence-electron chi connectivity index (χ4n) is 3.28. The number of carbonyl (C=O) groups is 2. The highest BCUT2D eigenvalue weighted by Crippen LogP contribution is 2.28. The van der Waals surface area contributed by atoms with E-state index in [0.717, 1.165) is 34.4 Å². The number of amides is 1. The Morgan fingerprint density at radius 1 is 1.03 bits per heavy atom. The molecule has 0 spiro atoms. The first-order valence-electron chi connectivity index (χ1n) is 10.00. The molecule has 0 heterocycles. The molecule has 3 N–H and O–H groups in total. The SMILES string of the molecule is CCOCc1cc(C(=O)N=C(N)c2ccc(C(=O)O)c(F)c2)ccc1-c1ccccc1C. The highest BCUT2D eigenvalue weighted by Gasteiger charge is 2.15. The Bertz CT molecular complexity index is 1200. The largest absolute Gasteiger partial charge is 0.478 e. The van der Waals surface area contributed by atoms with Crippen LogP contribution in [0.2, 0.25) is 0 Å². The van der Waals surface area contributed by atoms with Crippen LogP contribution in [-0.2, 0) is 11.3 Å². The number of hydrogen-bond donors (Lipinski definition) is 2. The van der Waals surface area contributed by atoms with Crippen molar-refractivity contribution in [2.24, 2.45) is 10.7 Å². The smallest absolute Gasteiger partial charge is 0.338 e. The molecule has 0 fully saturated rings. The second-order valence-electron chi connectivity index (χ2n) is 7.13. The van der Waals surface area contributed by atoms with E-state index in [9.17, 15) is 14.0 Å². The van der Waals surface area contributed by atoms with Gasteiger partial charge >= 0.3 is 5.97 Å². The monoisotopic (exact) mass is 434 g/mol. The molecule has 0 aliphatic heterocycles. The van der Waals surface area contributed by atoms with Crippen molar-refractivity contribution in [3.63, 3.8) is 0 Å². The van der Waals surface area contributed by atoms with Crippen LogP contribution in [0.3, 0.4) is 0 Å². The molecular formula is C25H23FN2O4. The zero-order valence-electron chi connectivity index (χ0n) is 17.8. The predicted octanol–water partition coefficient (Wildman–Crippen LogP) is 4.58. The van der Waals surface area contributed by atoms with Gasteiger partial charge in [0.25, 0.3) is 5.91 Å². The molecule has 32 heavy (non-hydrogen) atoms. The summed E-state index contributed by atoms with van der Waals surface area (Å²) >= 11 is 0. The van der Waals surface area contributed by atoms with Gasteiger partial charge in [-0.3, -0.25) is 4.79 Å². The first-order valence-corrected chi connectivity index (χ1v) is 10.00. The maximum atomic E-state index is 13.9. The molecule has 3 aromatic rings. The number of halogens is 1. The van der Waals surface area contributed by atoms with Gasteiger partial charge in [-0.15, -0.1) is 0 Å². The number of aromatic carboxylic acids is 1. The van der Waals surface area contributed by atoms with E-state index in [-0.39, 0.29) is 11.4 Å². The molecule has 0 radical (unpaired) electrons. The molecule has 0 saturated carbocycles. The summed E-state index contributed by atoms with van der Waals surface area (Å²) in [4.78, 5) is 27.6. The molecule has 0 saturated heterocycles. The summed E-state index contributed by atoms with van der Waals surface area (Å²) in [5.74, 6) is -3.15. The van der Waals surface area contributed by atoms with Crippen molar-refractivity contribution in [1.29, 1.82) is 0 Å². The van der Waals surface area contributed by atoms with Crippen molar-refractivity contribution >= 4 is 17.7 Å². The van der Waals surface area contributed by atoms with Crippen molar-refractivity contribution in [1.82, 2.24) is 0 Å². The topological polar surface area (TPSA) is 102 Å². The van der Waals surface area contributed by atoms with Crippen LogP contribution in [0.5, 0.6) is 0 Å². The van der Waals surface area contributed by atoms with E-state index in [0.29, 0.717) is 18.8 Å². The van der Waals surface area contributed by atoms with Gasteiger partial charge in [0, 0.05) is 17.7 Å². The number of aliphatic imine (C=N–C) groups is 1. The van der Waals surface area contributed by atoms with Crippen LogP contribution in [-0.4, -0.2) is 29.4 Å². The van der Waals surface area contributed by atoms with E-state index >= 15 is 0 Å². The molecule has 3 aromatic carbocycles. The fraction of sp³-hybridized carbons (Fsp3) is 0.160. The highest BCUT2D eigenvalue weighted by atomic mass is 19.1. The minimum atomic E-state index is -1.39. The maximum Gasteiger partial charge on any atom is 0.338 e. The number of aryl methyl sites for hydroxylation is 1. The Morgan fingerprint density at radius 2 is 1.75 bits per heavy atom. The number of hydrogen-bond acceptors (Lipinski definition) is 3. The number of benzene rings is 3. The lowest BCUT2D eigenvalue weighted by molar-refractivity contribution is 0.0691. The lowest BCUT2D eigenvalue weighted by Crippen LogP contribution is -2.17. The van der Waals surface area contributed by atoms with Crippen molar-refractivity contribution in [3.8, 4) is 11.1 Å². The molecule has 0 aliphatic carbocycles. The molecule has 0 bridgehead atoms. The molecule has 0 unspecified atom stereocenters. The normalized spacial score (nSPS) is 11.4. The van der Waals surface area contributed by atoms with Gasteiger partial charge in [-0.2, -0.15) is 4.99 Å². The second kappa shape index (κ2) is 9.98. The minimum absolute atomic E-state index is 0.118. The summed E-state index contributed by atoms with van der Waals surface area (Å²) in [6.07, 6.45) is 0. The van der Waals surface area contributed by atoms with Crippen molar-refractivity contribution < 1.29 is 23.8 Å². The Balaban J connectivity index is 1.95. The first kappa shape index (κ1) is 22.8. The molecule has 0 atom stereocenters. The molecule has 0 aromatic heterocycles. The third-order valence-electron chi connectivity index (χ3n) is 4.97. The van der Waals surface area contributed by atoms with E-state index in [4.69, 9.17) is 15.6 Å². The van der Waals surface area contributed by atoms with E-state index in [1.54, 1.807) is 12.1 Å². The van der Waals surface area contributed by atoms with Crippen LogP contribution >= 0.6 is 0 Å². The molecule has 164 valence electrons. The quantitative estimate of drug-likeness (QED) is 0.419. The van der Waals surface area contributed by atoms with E-state index in [1.165, 1.54) is 6.07 Å². The first-order chi connectivity index (χ1) is 15.3. The van der Waals surface area contributed by atoms with Gasteiger partial charge in [0.05, 0.1) is 12.2 Å². The summed E-state index contributed by atoms with van der Waals surface area (Å²) in [6, 6.07) is 16.5. The van der Waals surface area contributed by atoms with Gasteiger partial charge in [0.1, 0.15) is 11.7 Å². The van der Waals surface area contributed by atoms with Crippen LogP contribution in [0, 0.1) is 12.7 Å². The van der Waals surface area contributed by atoms with Gasteiger partial charge in [0.15, 0.2) is 0 Å². The molecule has 1 amide bonds. The standard InChI is InChI=1S/C25H23FN2O4/c1-3-32-14-18-12-17(9-10-20(18)19-7-5-4-6-15(19)2)24(29)28-23(27)16-8-11-21(25(30)31)22(26)13-16/h4-13H,3,14H2,1-2H3,(H,30,31)(H2,27,28,29). The fourth-order valence-corrected chi connectivity index (χ4v) is 3.28. The van der Waals surface area contributed by atoms with Crippen molar-refractivity contribution in [2.75, 3.05) is 6.61 Å². The molecule has 0 aliphatic rings. The molecular weight excluding hydrogens is 411 g/mol. The van der Waals surface area contributed by atoms with E-state index in [1.807, 2.05) is 44.2 Å². The zero-order valence-corrected chi connectivity index (χ0v) is 17.8. The van der Waals surface area contributed by atoms with Crippen LogP contribution in [0.4, 0.5) is 4.39 Å². The lowest BCUT2D eigenvalue weighted by atomic mass is 9.94. The second-order valence-corrected chi connectivity index (χ2v) is 7.13. The summed E-state index contributed by atoms with van der Waals surface area (Å²) in [5.41, 5.74) is 9.74. The average Bonchev–Trinajstić information content (AvgIpc) is 2.77. The number of nitrogens with two attached hydrogens (primary N) is 1. The molecule has 7 heteroatoms. The van der Waals surface area contributed by atoms with Gasteiger partial charge in [-0.1, -0.05) is 36.4 Å². The number of nitrogens with zero attached hydrogens (tertiary/aromatic N) is 1. The van der Waals surface area contributed by atoms with E-state index in [2.05, 4.69) is 4.99 Å². The number of amidine groups is 1. The van der Waals surface area contributed by atoms with Crippen molar-refractivity contribution in [2.45, 2.75) is 20.5 Å². The van der Waals surface area contributed by atoms with Crippen LogP contribution in [0.15, 0.2) is 65.7 Å². The lowest BCUT2D eigenvalue weighted by Gasteiger charge is -2.13. The highest BCUT2D eigenvalue weighted by molar-refractivity contribution is 6.09. The molecule has 6 nitrogen and oxygen atoms in total. The third kappa shape index (κ3) is 5.07. The zero-order chi connectivity index (χ0) is 23.3. The van der Waals surface area contributed by atoms with Gasteiger partial charge in [0.2, 0.25) is 0 Å². The van der Waals surface area contributed by atoms with E-state index < -0.39 is 23.3 Å².